The first kappa shape index (κ1) is 54.0. The zero-order valence-corrected chi connectivity index (χ0v) is 42.4. The van der Waals surface area contributed by atoms with E-state index in [1.54, 1.807) is 72.8 Å². The van der Waals surface area contributed by atoms with Crippen molar-refractivity contribution in [2.45, 2.75) is 104 Å². The molecule has 0 aromatic heterocycles. The Morgan fingerprint density at radius 3 is 1.77 bits per heavy atom. The first-order chi connectivity index (χ1) is 34.1. The van der Waals surface area contributed by atoms with Crippen LogP contribution in [0, 0.1) is 5.92 Å². The van der Waals surface area contributed by atoms with E-state index in [1.165, 1.54) is 33.1 Å². The Balaban J connectivity index is 0.984. The molecule has 2 aliphatic heterocycles. The molecule has 0 radical (unpaired) electrons. The normalized spacial score (nSPS) is 18.0. The highest BCUT2D eigenvalue weighted by atomic mass is 35.5. The lowest BCUT2D eigenvalue weighted by molar-refractivity contribution is -0.127. The number of azo groups is 2. The van der Waals surface area contributed by atoms with Crippen molar-refractivity contribution >= 4 is 86.8 Å². The molecule has 0 spiro atoms. The standard InChI is InChI=1S/C53H64Cl2N10O6/c1-34-11-5-7-28-65(30-10-25-56-50(34)68)43-21-19-42(20-22-43)59-53(71)49(37(4)67)63-61-47-24-14-39(33-45(47)55)31-38-13-23-46(44(54)32-38)60-62-48(36(3)66)52(70)58-41-17-15-40(16-18-41)51(69)57-26-9-29-64-27-8-6-12-35(64)2/h13-24,32-35,48-49H,5-12,25-31H2,1-4H3,(H,56,68)(H,57,69)(H,58,70)(H,59,71). The number of benzene rings is 4. The molecule has 0 saturated carbocycles. The molecule has 4 aromatic rings. The largest absolute Gasteiger partial charge is 0.371 e. The molecule has 2 aliphatic rings. The number of likely N-dealkylation sites (tertiary alicyclic amines) is 1. The number of amides is 4. The molecule has 4 N–H and O–H groups in total. The number of hydrogen-bond acceptors (Lipinski definition) is 12. The van der Waals surface area contributed by atoms with Gasteiger partial charge in [0.1, 0.15) is 11.4 Å². The Morgan fingerprint density at radius 1 is 0.690 bits per heavy atom. The maximum absolute atomic E-state index is 13.3. The van der Waals surface area contributed by atoms with E-state index in [-0.39, 0.29) is 39.2 Å². The Morgan fingerprint density at radius 2 is 1.23 bits per heavy atom. The SMILES string of the molecule is CC(=O)C(N=Nc1ccc(Cc2ccc(N=NC(C(C)=O)C(=O)Nc3ccc(N4CCCCC(C)C(=O)NCCC4)cc3)c(Cl)c2)cc1Cl)C(=O)Nc1ccc(C(=O)NCCCN2CCCCC2C)cc1. The second kappa shape index (κ2) is 26.7. The van der Waals surface area contributed by atoms with E-state index in [0.717, 1.165) is 75.1 Å². The molecule has 376 valence electrons. The van der Waals surface area contributed by atoms with Gasteiger partial charge in [-0.15, -0.1) is 0 Å². The molecule has 16 nitrogen and oxygen atoms in total. The van der Waals surface area contributed by atoms with Gasteiger partial charge in [-0.05, 0) is 156 Å². The van der Waals surface area contributed by atoms with Crippen molar-refractivity contribution in [3.63, 3.8) is 0 Å². The molecule has 2 heterocycles. The highest BCUT2D eigenvalue weighted by molar-refractivity contribution is 6.33. The Kier molecular flexibility index (Phi) is 20.3. The van der Waals surface area contributed by atoms with E-state index < -0.39 is 35.5 Å². The van der Waals surface area contributed by atoms with Crippen molar-refractivity contribution in [2.24, 2.45) is 26.4 Å². The molecule has 4 unspecified atom stereocenters. The van der Waals surface area contributed by atoms with Crippen molar-refractivity contribution in [1.82, 2.24) is 15.5 Å². The summed E-state index contributed by atoms with van der Waals surface area (Å²) in [6.07, 6.45) is 8.55. The summed E-state index contributed by atoms with van der Waals surface area (Å²) in [5, 5.41) is 28.4. The van der Waals surface area contributed by atoms with Crippen LogP contribution in [0.25, 0.3) is 0 Å². The van der Waals surface area contributed by atoms with E-state index in [0.29, 0.717) is 42.5 Å². The summed E-state index contributed by atoms with van der Waals surface area (Å²) < 4.78 is 0. The molecule has 2 saturated heterocycles. The number of nitrogens with one attached hydrogen (secondary N) is 4. The number of anilines is 3. The van der Waals surface area contributed by atoms with Crippen molar-refractivity contribution in [3.8, 4) is 0 Å². The molecule has 4 aromatic carbocycles. The number of hydrogen-bond donors (Lipinski definition) is 4. The summed E-state index contributed by atoms with van der Waals surface area (Å²) >= 11 is 13.2. The van der Waals surface area contributed by atoms with Gasteiger partial charge in [0, 0.05) is 67.3 Å². The first-order valence-corrected chi connectivity index (χ1v) is 25.2. The monoisotopic (exact) mass is 1010 g/mol. The van der Waals surface area contributed by atoms with E-state index >= 15 is 0 Å². The third-order valence-electron chi connectivity index (χ3n) is 12.7. The highest BCUT2D eigenvalue weighted by Gasteiger charge is 2.25. The summed E-state index contributed by atoms with van der Waals surface area (Å²) in [6.45, 7) is 11.6. The number of Topliss-reactive ketones (excluding diaryl/α,β-unsaturated/α-hetero) is 2. The molecule has 4 amide bonds. The van der Waals surface area contributed by atoms with Gasteiger partial charge in [-0.25, -0.2) is 0 Å². The number of carbonyl (C=O) groups is 6. The topological polar surface area (TPSA) is 206 Å². The zero-order valence-electron chi connectivity index (χ0n) is 40.9. The molecule has 6 rings (SSSR count). The van der Waals surface area contributed by atoms with Crippen LogP contribution in [0.2, 0.25) is 10.0 Å². The van der Waals surface area contributed by atoms with E-state index in [2.05, 4.69) is 58.4 Å². The average Bonchev–Trinajstić information content (AvgIpc) is 3.37. The summed E-state index contributed by atoms with van der Waals surface area (Å²) in [4.78, 5) is 81.2. The van der Waals surface area contributed by atoms with Gasteiger partial charge in [0.25, 0.3) is 17.7 Å². The molecular weight excluding hydrogens is 944 g/mol. The third kappa shape index (κ3) is 16.3. The van der Waals surface area contributed by atoms with Crippen LogP contribution in [0.5, 0.6) is 0 Å². The fourth-order valence-electron chi connectivity index (χ4n) is 8.46. The van der Waals surface area contributed by atoms with Gasteiger partial charge in [-0.3, -0.25) is 28.8 Å². The van der Waals surface area contributed by atoms with Gasteiger partial charge in [-0.1, -0.05) is 55.1 Å². The lowest BCUT2D eigenvalue weighted by Gasteiger charge is -2.33. The Labute approximate surface area is 425 Å². The van der Waals surface area contributed by atoms with Gasteiger partial charge in [0.15, 0.2) is 11.6 Å². The van der Waals surface area contributed by atoms with Crippen LogP contribution in [0.1, 0.15) is 101 Å². The Hall–Kier alpha value is -6.36. The number of carbonyl (C=O) groups excluding carboxylic acids is 6. The van der Waals surface area contributed by atoms with Crippen LogP contribution < -0.4 is 26.2 Å². The van der Waals surface area contributed by atoms with Gasteiger partial charge in [0.05, 0.1) is 10.0 Å². The second-order valence-corrected chi connectivity index (χ2v) is 19.1. The number of rotatable bonds is 18. The minimum Gasteiger partial charge on any atom is -0.371 e. The van der Waals surface area contributed by atoms with Gasteiger partial charge in [0.2, 0.25) is 18.0 Å². The van der Waals surface area contributed by atoms with Gasteiger partial charge in [-0.2, -0.15) is 20.5 Å². The number of halogens is 2. The van der Waals surface area contributed by atoms with Crippen LogP contribution in [0.3, 0.4) is 0 Å². The minimum atomic E-state index is -1.44. The lowest BCUT2D eigenvalue weighted by Crippen LogP contribution is -2.39. The fourth-order valence-corrected chi connectivity index (χ4v) is 8.94. The summed E-state index contributed by atoms with van der Waals surface area (Å²) in [5.41, 5.74) is 4.48. The van der Waals surface area contributed by atoms with Crippen LogP contribution in [-0.4, -0.2) is 97.5 Å². The van der Waals surface area contributed by atoms with Crippen LogP contribution in [0.15, 0.2) is 105 Å². The zero-order chi connectivity index (χ0) is 50.9. The Bertz CT molecular complexity index is 2570. The van der Waals surface area contributed by atoms with E-state index in [1.807, 2.05) is 19.1 Å². The lowest BCUT2D eigenvalue weighted by atomic mass is 10.0. The van der Waals surface area contributed by atoms with Gasteiger partial charge >= 0.3 is 0 Å². The van der Waals surface area contributed by atoms with Crippen molar-refractivity contribution in [1.29, 1.82) is 0 Å². The molecule has 4 atom stereocenters. The summed E-state index contributed by atoms with van der Waals surface area (Å²) in [5.74, 6) is -2.42. The maximum atomic E-state index is 13.3. The van der Waals surface area contributed by atoms with Crippen molar-refractivity contribution in [2.75, 3.05) is 54.8 Å². The van der Waals surface area contributed by atoms with Crippen LogP contribution in [-0.2, 0) is 30.4 Å². The van der Waals surface area contributed by atoms with Crippen LogP contribution >= 0.6 is 23.2 Å². The maximum Gasteiger partial charge on any atom is 0.258 e. The van der Waals surface area contributed by atoms with Crippen molar-refractivity contribution in [3.05, 3.63) is 112 Å². The predicted molar refractivity (Wildman–Crippen MR) is 279 cm³/mol. The van der Waals surface area contributed by atoms with Crippen LogP contribution in [0.4, 0.5) is 28.4 Å². The third-order valence-corrected chi connectivity index (χ3v) is 13.3. The molecule has 71 heavy (non-hydrogen) atoms. The highest BCUT2D eigenvalue weighted by Crippen LogP contribution is 2.31. The first-order valence-electron chi connectivity index (χ1n) is 24.4. The van der Waals surface area contributed by atoms with E-state index in [9.17, 15) is 28.8 Å². The molecule has 2 fully saturated rings. The smallest absolute Gasteiger partial charge is 0.258 e. The molecule has 18 heteroatoms. The quantitative estimate of drug-likeness (QED) is 0.0428. The summed E-state index contributed by atoms with van der Waals surface area (Å²) in [7, 11) is 0. The summed E-state index contributed by atoms with van der Waals surface area (Å²) in [6, 6.07) is 21.8. The fraction of sp³-hybridized carbons (Fsp3) is 0.434. The average molecular weight is 1010 g/mol. The number of ketones is 2. The predicted octanol–water partition coefficient (Wildman–Crippen LogP) is 10.1. The second-order valence-electron chi connectivity index (χ2n) is 18.3. The number of nitrogens with zero attached hydrogens (tertiary/aromatic N) is 6. The van der Waals surface area contributed by atoms with E-state index in [4.69, 9.17) is 23.2 Å². The molecular formula is C53H64Cl2N10O6. The number of piperidine rings is 1. The molecule has 0 bridgehead atoms. The van der Waals surface area contributed by atoms with Gasteiger partial charge < -0.3 is 31.1 Å². The minimum absolute atomic E-state index is 0.00584. The molecule has 0 aliphatic carbocycles. The van der Waals surface area contributed by atoms with Crippen molar-refractivity contribution < 1.29 is 28.8 Å².